The number of hydrogen-bond donors (Lipinski definition) is 2. The van der Waals surface area contributed by atoms with E-state index >= 15 is 0 Å². The number of carbonyl (C=O) groups excluding carboxylic acids is 1. The van der Waals surface area contributed by atoms with Gasteiger partial charge in [0, 0.05) is 0 Å². The molecule has 0 saturated carbocycles. The number of methoxy groups -OCH3 is 2. The Labute approximate surface area is 151 Å². The van der Waals surface area contributed by atoms with Crippen LogP contribution in [0.2, 0.25) is 0 Å². The smallest absolute Gasteiger partial charge is 0.407 e. The number of benzene rings is 2. The van der Waals surface area contributed by atoms with E-state index in [4.69, 9.17) is 14.2 Å². The number of ether oxygens (including phenoxy) is 3. The van der Waals surface area contributed by atoms with Crippen LogP contribution in [0.15, 0.2) is 48.5 Å². The third-order valence-corrected chi connectivity index (χ3v) is 3.70. The predicted molar refractivity (Wildman–Crippen MR) is 94.3 cm³/mol. The molecule has 1 amide bonds. The van der Waals surface area contributed by atoms with Crippen LogP contribution in [0.4, 0.5) is 4.79 Å². The first-order valence-corrected chi connectivity index (χ1v) is 7.95. The van der Waals surface area contributed by atoms with E-state index < -0.39 is 18.1 Å². The predicted octanol–water partition coefficient (Wildman–Crippen LogP) is 3.15. The fraction of sp³-hybridized carbons (Fsp3) is 0.263. The Morgan fingerprint density at radius 3 is 2.15 bits per heavy atom. The van der Waals surface area contributed by atoms with E-state index in [9.17, 15) is 14.7 Å². The summed E-state index contributed by atoms with van der Waals surface area (Å²) in [6, 6.07) is 13.4. The van der Waals surface area contributed by atoms with Gasteiger partial charge in [0.15, 0.2) is 0 Å². The van der Waals surface area contributed by atoms with Crippen molar-refractivity contribution in [3.63, 3.8) is 0 Å². The molecule has 0 heterocycles. The van der Waals surface area contributed by atoms with Crippen molar-refractivity contribution in [2.24, 2.45) is 0 Å². The van der Waals surface area contributed by atoms with Crippen LogP contribution in [-0.2, 0) is 16.1 Å². The second-order valence-electron chi connectivity index (χ2n) is 5.43. The summed E-state index contributed by atoms with van der Waals surface area (Å²) in [6.07, 6.45) is -1.08. The number of carbonyl (C=O) groups is 2. The SMILES string of the molecule is COc1cccc(OC)c1[C@@H](CC(=O)O)NC(=O)OCc1ccccc1. The highest BCUT2D eigenvalue weighted by molar-refractivity contribution is 5.73. The van der Waals surface area contributed by atoms with Gasteiger partial charge < -0.3 is 24.6 Å². The first kappa shape index (κ1) is 19.1. The molecule has 0 saturated heterocycles. The van der Waals surface area contributed by atoms with Crippen molar-refractivity contribution in [3.8, 4) is 11.5 Å². The van der Waals surface area contributed by atoms with Crippen LogP contribution in [0.5, 0.6) is 11.5 Å². The Morgan fingerprint density at radius 1 is 1.00 bits per heavy atom. The highest BCUT2D eigenvalue weighted by Crippen LogP contribution is 2.35. The van der Waals surface area contributed by atoms with Crippen LogP contribution in [0, 0.1) is 0 Å². The lowest BCUT2D eigenvalue weighted by Gasteiger charge is -2.22. The maximum Gasteiger partial charge on any atom is 0.407 e. The number of carboxylic acids is 1. The van der Waals surface area contributed by atoms with E-state index in [0.717, 1.165) is 5.56 Å². The number of rotatable bonds is 8. The molecule has 2 N–H and O–H groups in total. The van der Waals surface area contributed by atoms with Gasteiger partial charge in [-0.2, -0.15) is 0 Å². The van der Waals surface area contributed by atoms with E-state index in [2.05, 4.69) is 5.32 Å². The standard InChI is InChI=1S/C19H21NO6/c1-24-15-9-6-10-16(25-2)18(15)14(11-17(21)22)20-19(23)26-12-13-7-4-3-5-8-13/h3-10,14H,11-12H2,1-2H3,(H,20,23)(H,21,22)/t14-/m1/s1. The van der Waals surface area contributed by atoms with Gasteiger partial charge in [-0.3, -0.25) is 4.79 Å². The third kappa shape index (κ3) is 5.14. The Balaban J connectivity index is 2.17. The molecule has 1 atom stereocenters. The number of alkyl carbamates (subject to hydrolysis) is 1. The minimum atomic E-state index is -1.08. The Hall–Kier alpha value is -3.22. The molecule has 7 heteroatoms. The average Bonchev–Trinajstić information content (AvgIpc) is 2.65. The van der Waals surface area contributed by atoms with Gasteiger partial charge in [-0.15, -0.1) is 0 Å². The number of carboxylic acid groups (broad SMARTS) is 1. The topological polar surface area (TPSA) is 94.1 Å². The summed E-state index contributed by atoms with van der Waals surface area (Å²) in [6.45, 7) is 0.0789. The molecule has 0 spiro atoms. The van der Waals surface area contributed by atoms with Crippen LogP contribution < -0.4 is 14.8 Å². The van der Waals surface area contributed by atoms with Crippen molar-refractivity contribution in [2.75, 3.05) is 14.2 Å². The number of hydrogen-bond acceptors (Lipinski definition) is 5. The summed E-state index contributed by atoms with van der Waals surface area (Å²) in [4.78, 5) is 23.4. The summed E-state index contributed by atoms with van der Waals surface area (Å²) >= 11 is 0. The van der Waals surface area contributed by atoms with Crippen LogP contribution in [-0.4, -0.2) is 31.4 Å². The molecular formula is C19H21NO6. The van der Waals surface area contributed by atoms with Crippen molar-refractivity contribution in [1.29, 1.82) is 0 Å². The molecule has 0 fully saturated rings. The van der Waals surface area contributed by atoms with E-state index in [0.29, 0.717) is 17.1 Å². The molecule has 2 aromatic carbocycles. The fourth-order valence-corrected chi connectivity index (χ4v) is 2.53. The van der Waals surface area contributed by atoms with Crippen molar-refractivity contribution >= 4 is 12.1 Å². The second-order valence-corrected chi connectivity index (χ2v) is 5.43. The zero-order chi connectivity index (χ0) is 18.9. The minimum Gasteiger partial charge on any atom is -0.496 e. The molecule has 0 unspecified atom stereocenters. The maximum atomic E-state index is 12.2. The summed E-state index contributed by atoms with van der Waals surface area (Å²) in [7, 11) is 2.92. The molecule has 2 aromatic rings. The lowest BCUT2D eigenvalue weighted by Crippen LogP contribution is -2.31. The number of nitrogens with one attached hydrogen (secondary N) is 1. The largest absolute Gasteiger partial charge is 0.496 e. The molecule has 0 aromatic heterocycles. The van der Waals surface area contributed by atoms with Gasteiger partial charge in [-0.25, -0.2) is 4.79 Å². The molecular weight excluding hydrogens is 338 g/mol. The summed E-state index contributed by atoms with van der Waals surface area (Å²) in [5.41, 5.74) is 1.27. The van der Waals surface area contributed by atoms with Gasteiger partial charge in [0.05, 0.1) is 32.2 Å². The van der Waals surface area contributed by atoms with Gasteiger partial charge in [0.25, 0.3) is 0 Å². The number of amides is 1. The van der Waals surface area contributed by atoms with Crippen LogP contribution in [0.25, 0.3) is 0 Å². The molecule has 0 aliphatic carbocycles. The lowest BCUT2D eigenvalue weighted by atomic mass is 10.0. The molecule has 0 radical (unpaired) electrons. The zero-order valence-corrected chi connectivity index (χ0v) is 14.6. The van der Waals surface area contributed by atoms with Gasteiger partial charge in [0.1, 0.15) is 18.1 Å². The van der Waals surface area contributed by atoms with Gasteiger partial charge in [0.2, 0.25) is 0 Å². The van der Waals surface area contributed by atoms with E-state index in [-0.39, 0.29) is 13.0 Å². The zero-order valence-electron chi connectivity index (χ0n) is 14.6. The molecule has 26 heavy (non-hydrogen) atoms. The molecule has 0 aliphatic rings. The number of aliphatic carboxylic acids is 1. The average molecular weight is 359 g/mol. The molecule has 0 aliphatic heterocycles. The molecule has 0 bridgehead atoms. The van der Waals surface area contributed by atoms with Gasteiger partial charge in [-0.1, -0.05) is 36.4 Å². The highest BCUT2D eigenvalue weighted by Gasteiger charge is 2.25. The van der Waals surface area contributed by atoms with Crippen LogP contribution in [0.1, 0.15) is 23.6 Å². The molecule has 2 rings (SSSR count). The lowest BCUT2D eigenvalue weighted by molar-refractivity contribution is -0.137. The third-order valence-electron chi connectivity index (χ3n) is 3.70. The normalized spacial score (nSPS) is 11.3. The molecule has 138 valence electrons. The quantitative estimate of drug-likeness (QED) is 0.752. The van der Waals surface area contributed by atoms with Gasteiger partial charge in [-0.05, 0) is 17.7 Å². The van der Waals surface area contributed by atoms with Crippen molar-refractivity contribution < 1.29 is 28.9 Å². The molecule has 7 nitrogen and oxygen atoms in total. The summed E-state index contributed by atoms with van der Waals surface area (Å²) in [5, 5.41) is 11.8. The first-order valence-electron chi connectivity index (χ1n) is 7.95. The van der Waals surface area contributed by atoms with E-state index in [1.165, 1.54) is 14.2 Å². The van der Waals surface area contributed by atoms with Crippen LogP contribution >= 0.6 is 0 Å². The Morgan fingerprint density at radius 2 is 1.62 bits per heavy atom. The van der Waals surface area contributed by atoms with E-state index in [1.807, 2.05) is 30.3 Å². The first-order chi connectivity index (χ1) is 12.5. The van der Waals surface area contributed by atoms with Gasteiger partial charge >= 0.3 is 12.1 Å². The maximum absolute atomic E-state index is 12.2. The van der Waals surface area contributed by atoms with Crippen molar-refractivity contribution in [2.45, 2.75) is 19.1 Å². The van der Waals surface area contributed by atoms with Crippen molar-refractivity contribution in [1.82, 2.24) is 5.32 Å². The highest BCUT2D eigenvalue weighted by atomic mass is 16.5. The van der Waals surface area contributed by atoms with Crippen molar-refractivity contribution in [3.05, 3.63) is 59.7 Å². The monoisotopic (exact) mass is 359 g/mol. The minimum absolute atomic E-state index is 0.0789. The van der Waals surface area contributed by atoms with Crippen LogP contribution in [0.3, 0.4) is 0 Å². The fourth-order valence-electron chi connectivity index (χ4n) is 2.53. The Bertz CT molecular complexity index is 725. The summed E-state index contributed by atoms with van der Waals surface area (Å²) < 4.78 is 15.8. The Kier molecular flexibility index (Phi) is 6.84. The summed E-state index contributed by atoms with van der Waals surface area (Å²) in [5.74, 6) is -0.246. The second kappa shape index (κ2) is 9.31. The van der Waals surface area contributed by atoms with E-state index in [1.54, 1.807) is 18.2 Å².